The van der Waals surface area contributed by atoms with Crippen molar-refractivity contribution in [2.24, 2.45) is 5.92 Å². The molecule has 0 amide bonds. The highest BCUT2D eigenvalue weighted by Gasteiger charge is 2.19. The van der Waals surface area contributed by atoms with Crippen LogP contribution in [0.2, 0.25) is 0 Å². The number of benzene rings is 1. The van der Waals surface area contributed by atoms with Crippen LogP contribution in [0.3, 0.4) is 0 Å². The number of hydrogen-bond donors (Lipinski definition) is 1. The predicted octanol–water partition coefficient (Wildman–Crippen LogP) is 2.65. The van der Waals surface area contributed by atoms with Crippen LogP contribution in [0.1, 0.15) is 24.8 Å². The molecule has 1 aromatic carbocycles. The summed E-state index contributed by atoms with van der Waals surface area (Å²) in [6, 6.07) is 6.12. The molecular formula is C15H17FO2. The van der Waals surface area contributed by atoms with E-state index in [1.807, 2.05) is 6.08 Å². The Hall–Kier alpha value is -1.48. The molecule has 0 radical (unpaired) electrons. The van der Waals surface area contributed by atoms with Gasteiger partial charge in [0.05, 0.1) is 6.10 Å². The molecule has 3 heteroatoms. The van der Waals surface area contributed by atoms with Gasteiger partial charge < -0.3 is 5.11 Å². The first kappa shape index (κ1) is 13.0. The Morgan fingerprint density at radius 2 is 2.11 bits per heavy atom. The number of Topliss-reactive ketones (excluding diaryl/α,β-unsaturated/α-hetero) is 1. The number of ketones is 1. The molecule has 0 heterocycles. The summed E-state index contributed by atoms with van der Waals surface area (Å²) < 4.78 is 12.7. The fraction of sp³-hybridized carbons (Fsp3) is 0.400. The fourth-order valence-electron chi connectivity index (χ4n) is 2.22. The van der Waals surface area contributed by atoms with Crippen molar-refractivity contribution >= 4 is 5.78 Å². The van der Waals surface area contributed by atoms with Crippen molar-refractivity contribution < 1.29 is 14.3 Å². The van der Waals surface area contributed by atoms with Crippen LogP contribution in [-0.2, 0) is 11.2 Å². The zero-order valence-electron chi connectivity index (χ0n) is 10.2. The molecule has 18 heavy (non-hydrogen) atoms. The van der Waals surface area contributed by atoms with Gasteiger partial charge in [0.25, 0.3) is 0 Å². The molecule has 2 atom stereocenters. The van der Waals surface area contributed by atoms with E-state index in [9.17, 15) is 14.3 Å². The smallest absolute Gasteiger partial charge is 0.133 e. The van der Waals surface area contributed by atoms with Gasteiger partial charge in [0.1, 0.15) is 11.6 Å². The maximum Gasteiger partial charge on any atom is 0.133 e. The molecule has 1 aromatic rings. The number of allylic oxidation sites excluding steroid dienone is 1. The molecule has 1 unspecified atom stereocenters. The zero-order valence-corrected chi connectivity index (χ0v) is 10.2. The first-order valence-electron chi connectivity index (χ1n) is 6.26. The lowest BCUT2D eigenvalue weighted by Gasteiger charge is -2.07. The first-order valence-corrected chi connectivity index (χ1v) is 6.26. The lowest BCUT2D eigenvalue weighted by molar-refractivity contribution is -0.117. The SMILES string of the molecule is O=C1CC[C@H](/C=C/C(O)Cc2ccc(F)cc2)C1. The van der Waals surface area contributed by atoms with Crippen molar-refractivity contribution in [3.63, 3.8) is 0 Å². The summed E-state index contributed by atoms with van der Waals surface area (Å²) in [5, 5.41) is 9.83. The normalized spacial score (nSPS) is 21.7. The van der Waals surface area contributed by atoms with Crippen LogP contribution in [0, 0.1) is 11.7 Å². The Kier molecular flexibility index (Phi) is 4.26. The van der Waals surface area contributed by atoms with E-state index >= 15 is 0 Å². The number of hydrogen-bond acceptors (Lipinski definition) is 2. The lowest BCUT2D eigenvalue weighted by Crippen LogP contribution is -2.07. The Bertz CT molecular complexity index is 436. The Labute approximate surface area is 106 Å². The molecule has 1 N–H and O–H groups in total. The molecule has 1 aliphatic carbocycles. The van der Waals surface area contributed by atoms with Gasteiger partial charge in [-0.3, -0.25) is 4.79 Å². The molecule has 0 spiro atoms. The number of carbonyl (C=O) groups excluding carboxylic acids is 1. The number of rotatable bonds is 4. The summed E-state index contributed by atoms with van der Waals surface area (Å²) in [7, 11) is 0. The Morgan fingerprint density at radius 1 is 1.39 bits per heavy atom. The lowest BCUT2D eigenvalue weighted by atomic mass is 10.0. The van der Waals surface area contributed by atoms with Gasteiger partial charge in [0.2, 0.25) is 0 Å². The first-order chi connectivity index (χ1) is 8.63. The van der Waals surface area contributed by atoms with Gasteiger partial charge in [-0.15, -0.1) is 0 Å². The second-order valence-electron chi connectivity index (χ2n) is 4.82. The zero-order chi connectivity index (χ0) is 13.0. The highest BCUT2D eigenvalue weighted by molar-refractivity contribution is 5.80. The monoisotopic (exact) mass is 248 g/mol. The topological polar surface area (TPSA) is 37.3 Å². The molecule has 1 aliphatic rings. The third kappa shape index (κ3) is 3.77. The third-order valence-corrected chi connectivity index (χ3v) is 3.25. The van der Waals surface area contributed by atoms with E-state index in [0.717, 1.165) is 12.0 Å². The quantitative estimate of drug-likeness (QED) is 0.832. The largest absolute Gasteiger partial charge is 0.389 e. The molecular weight excluding hydrogens is 231 g/mol. The standard InChI is InChI=1S/C15H17FO2/c16-13-5-1-11(2-6-13)9-14(17)7-3-12-4-8-15(18)10-12/h1-3,5-7,12,14,17H,4,8-10H2/b7-3+/t12-,14?/m0/s1. The van der Waals surface area contributed by atoms with Gasteiger partial charge in [-0.2, -0.15) is 0 Å². The van der Waals surface area contributed by atoms with Gasteiger partial charge in [-0.1, -0.05) is 24.3 Å². The minimum Gasteiger partial charge on any atom is -0.389 e. The average Bonchev–Trinajstić information content (AvgIpc) is 2.76. The van der Waals surface area contributed by atoms with Crippen molar-refractivity contribution in [1.82, 2.24) is 0 Å². The summed E-state index contributed by atoms with van der Waals surface area (Å²) >= 11 is 0. The van der Waals surface area contributed by atoms with Crippen LogP contribution in [-0.4, -0.2) is 17.0 Å². The third-order valence-electron chi connectivity index (χ3n) is 3.25. The van der Waals surface area contributed by atoms with Gasteiger partial charge in [-0.05, 0) is 30.0 Å². The van der Waals surface area contributed by atoms with Gasteiger partial charge in [0, 0.05) is 19.3 Å². The van der Waals surface area contributed by atoms with E-state index in [4.69, 9.17) is 0 Å². The summed E-state index contributed by atoms with van der Waals surface area (Å²) in [6.45, 7) is 0. The van der Waals surface area contributed by atoms with Crippen molar-refractivity contribution in [2.45, 2.75) is 31.8 Å². The fourth-order valence-corrected chi connectivity index (χ4v) is 2.22. The number of halogens is 1. The predicted molar refractivity (Wildman–Crippen MR) is 67.6 cm³/mol. The van der Waals surface area contributed by atoms with E-state index < -0.39 is 6.10 Å². The highest BCUT2D eigenvalue weighted by atomic mass is 19.1. The summed E-state index contributed by atoms with van der Waals surface area (Å²) in [5.74, 6) is 0.311. The Morgan fingerprint density at radius 3 is 2.72 bits per heavy atom. The molecule has 2 nitrogen and oxygen atoms in total. The van der Waals surface area contributed by atoms with Crippen molar-refractivity contribution in [3.8, 4) is 0 Å². The minimum absolute atomic E-state index is 0.270. The number of aliphatic hydroxyl groups is 1. The molecule has 2 rings (SSSR count). The maximum absolute atomic E-state index is 12.7. The summed E-state index contributed by atoms with van der Waals surface area (Å²) in [4.78, 5) is 11.1. The van der Waals surface area contributed by atoms with Crippen LogP contribution in [0.25, 0.3) is 0 Å². The van der Waals surface area contributed by atoms with Gasteiger partial charge in [-0.25, -0.2) is 4.39 Å². The molecule has 1 fully saturated rings. The van der Waals surface area contributed by atoms with Crippen molar-refractivity contribution in [2.75, 3.05) is 0 Å². The van der Waals surface area contributed by atoms with Crippen LogP contribution in [0.4, 0.5) is 4.39 Å². The van der Waals surface area contributed by atoms with Crippen molar-refractivity contribution in [3.05, 3.63) is 47.8 Å². The van der Waals surface area contributed by atoms with Crippen LogP contribution < -0.4 is 0 Å². The van der Waals surface area contributed by atoms with E-state index in [1.165, 1.54) is 12.1 Å². The second kappa shape index (κ2) is 5.91. The summed E-state index contributed by atoms with van der Waals surface area (Å²) in [5.41, 5.74) is 0.899. The number of carbonyl (C=O) groups is 1. The second-order valence-corrected chi connectivity index (χ2v) is 4.82. The number of aliphatic hydroxyl groups excluding tert-OH is 1. The van der Waals surface area contributed by atoms with E-state index in [-0.39, 0.29) is 11.7 Å². The Balaban J connectivity index is 1.84. The van der Waals surface area contributed by atoms with E-state index in [2.05, 4.69) is 0 Å². The molecule has 1 saturated carbocycles. The van der Waals surface area contributed by atoms with Crippen molar-refractivity contribution in [1.29, 1.82) is 0 Å². The molecule has 0 aliphatic heterocycles. The van der Waals surface area contributed by atoms with Crippen LogP contribution in [0.5, 0.6) is 0 Å². The molecule has 96 valence electrons. The van der Waals surface area contributed by atoms with Crippen LogP contribution in [0.15, 0.2) is 36.4 Å². The average molecular weight is 248 g/mol. The maximum atomic E-state index is 12.7. The van der Waals surface area contributed by atoms with E-state index in [1.54, 1.807) is 18.2 Å². The van der Waals surface area contributed by atoms with Crippen LogP contribution >= 0.6 is 0 Å². The molecule has 0 bridgehead atoms. The van der Waals surface area contributed by atoms with Gasteiger partial charge >= 0.3 is 0 Å². The van der Waals surface area contributed by atoms with Gasteiger partial charge in [0.15, 0.2) is 0 Å². The molecule has 0 aromatic heterocycles. The summed E-state index contributed by atoms with van der Waals surface area (Å²) in [6.07, 6.45) is 5.70. The minimum atomic E-state index is -0.578. The molecule has 0 saturated heterocycles. The van der Waals surface area contributed by atoms with E-state index in [0.29, 0.717) is 25.0 Å². The highest BCUT2D eigenvalue weighted by Crippen LogP contribution is 2.23.